The van der Waals surface area contributed by atoms with Gasteiger partial charge in [-0.25, -0.2) is 0 Å². The topological polar surface area (TPSA) is 47.6 Å². The third-order valence-electron chi connectivity index (χ3n) is 4.13. The van der Waals surface area contributed by atoms with Crippen molar-refractivity contribution in [1.29, 1.82) is 10.5 Å². The van der Waals surface area contributed by atoms with Crippen LogP contribution in [0.25, 0.3) is 37.9 Å². The van der Waals surface area contributed by atoms with E-state index in [0.29, 0.717) is 0 Å². The molecule has 0 spiro atoms. The number of nitriles is 2. The van der Waals surface area contributed by atoms with E-state index < -0.39 is 0 Å². The quantitative estimate of drug-likeness (QED) is 0.359. The highest BCUT2D eigenvalue weighted by atomic mass is 14.3. The molecule has 2 nitrogen and oxygen atoms in total. The second-order valence-corrected chi connectivity index (χ2v) is 5.23. The Labute approximate surface area is 127 Å². The maximum Gasteiger partial charge on any atom is 0.138 e. The minimum Gasteiger partial charge on any atom is -0.192 e. The lowest BCUT2D eigenvalue weighted by molar-refractivity contribution is 1.50. The zero-order valence-corrected chi connectivity index (χ0v) is 11.7. The number of nitrogens with zero attached hydrogens (tertiary/aromatic N) is 2. The molecule has 2 heteroatoms. The van der Waals surface area contributed by atoms with Gasteiger partial charge in [0.2, 0.25) is 0 Å². The van der Waals surface area contributed by atoms with Crippen LogP contribution in [0.3, 0.4) is 0 Å². The van der Waals surface area contributed by atoms with E-state index in [4.69, 9.17) is 0 Å². The highest BCUT2D eigenvalue weighted by Gasteiger charge is 2.11. The molecule has 0 radical (unpaired) electrons. The van der Waals surface area contributed by atoms with E-state index in [1.807, 2.05) is 42.5 Å². The Hall–Kier alpha value is -3.36. The van der Waals surface area contributed by atoms with Crippen LogP contribution in [-0.2, 0) is 0 Å². The first-order chi connectivity index (χ1) is 10.8. The fraction of sp³-hybridized carbons (Fsp3) is 0. The Balaban J connectivity index is 2.55. The lowest BCUT2D eigenvalue weighted by Gasteiger charge is -2.11. The molecule has 0 amide bonds. The summed E-state index contributed by atoms with van der Waals surface area (Å²) in [4.78, 5) is 0. The first-order valence-electron chi connectivity index (χ1n) is 7.01. The molecule has 22 heavy (non-hydrogen) atoms. The summed E-state index contributed by atoms with van der Waals surface area (Å²) in [5, 5.41) is 25.9. The predicted octanol–water partition coefficient (Wildman–Crippen LogP) is 4.06. The van der Waals surface area contributed by atoms with Crippen LogP contribution < -0.4 is 5.22 Å². The summed E-state index contributed by atoms with van der Waals surface area (Å²) in [6.07, 6.45) is 0. The van der Waals surface area contributed by atoms with Gasteiger partial charge in [0.25, 0.3) is 0 Å². The van der Waals surface area contributed by atoms with E-state index in [2.05, 4.69) is 30.3 Å². The second-order valence-electron chi connectivity index (χ2n) is 5.23. The predicted molar refractivity (Wildman–Crippen MR) is 88.8 cm³/mol. The Morgan fingerprint density at radius 2 is 1.23 bits per heavy atom. The van der Waals surface area contributed by atoms with Crippen LogP contribution in [-0.4, -0.2) is 0 Å². The summed E-state index contributed by atoms with van der Waals surface area (Å²) < 4.78 is 0. The van der Waals surface area contributed by atoms with E-state index in [1.165, 1.54) is 0 Å². The number of fused-ring (bicyclic) bond motifs is 2. The first-order valence-corrected chi connectivity index (χ1v) is 7.01. The smallest absolute Gasteiger partial charge is 0.138 e. The summed E-state index contributed by atoms with van der Waals surface area (Å²) in [7, 11) is 0. The van der Waals surface area contributed by atoms with Crippen LogP contribution in [0, 0.1) is 22.7 Å². The van der Waals surface area contributed by atoms with Crippen LogP contribution in [0.5, 0.6) is 0 Å². The minimum absolute atomic E-state index is 0.162. The number of rotatable bonds is 0. The van der Waals surface area contributed by atoms with Gasteiger partial charge >= 0.3 is 0 Å². The molecule has 0 aliphatic rings. The van der Waals surface area contributed by atoms with Crippen LogP contribution in [0.15, 0.2) is 60.7 Å². The van der Waals surface area contributed by atoms with E-state index in [-0.39, 0.29) is 5.57 Å². The molecule has 4 aromatic rings. The van der Waals surface area contributed by atoms with Gasteiger partial charge in [-0.3, -0.25) is 0 Å². The van der Waals surface area contributed by atoms with Gasteiger partial charge in [0.05, 0.1) is 0 Å². The van der Waals surface area contributed by atoms with Gasteiger partial charge in [-0.05, 0) is 32.3 Å². The summed E-state index contributed by atoms with van der Waals surface area (Å²) in [5.74, 6) is 0. The van der Waals surface area contributed by atoms with Crippen molar-refractivity contribution in [1.82, 2.24) is 0 Å². The van der Waals surface area contributed by atoms with Crippen molar-refractivity contribution in [2.45, 2.75) is 0 Å². The molecule has 0 saturated carbocycles. The van der Waals surface area contributed by atoms with Gasteiger partial charge in [0.15, 0.2) is 0 Å². The maximum atomic E-state index is 9.38. The molecule has 0 saturated heterocycles. The molecule has 0 unspecified atom stereocenters. The number of benzene rings is 4. The molecule has 0 bridgehead atoms. The third-order valence-corrected chi connectivity index (χ3v) is 4.13. The fourth-order valence-electron chi connectivity index (χ4n) is 3.26. The lowest BCUT2D eigenvalue weighted by atomic mass is 9.92. The van der Waals surface area contributed by atoms with Crippen molar-refractivity contribution in [3.05, 3.63) is 65.9 Å². The standard InChI is InChI=1S/C20H10N2/c21-11-14(12-22)20-16-8-2-1-7-15(16)17-9-3-5-13-6-4-10-18(20)19(13)17/h1-10H. The third kappa shape index (κ3) is 1.53. The second kappa shape index (κ2) is 4.58. The van der Waals surface area contributed by atoms with Crippen LogP contribution >= 0.6 is 0 Å². The van der Waals surface area contributed by atoms with Gasteiger partial charge in [-0.2, -0.15) is 10.5 Å². The molecule has 0 aliphatic carbocycles. The summed E-state index contributed by atoms with van der Waals surface area (Å²) in [6, 6.07) is 24.3. The Bertz CT molecular complexity index is 1170. The molecular formula is C20H10N2. The average molecular weight is 278 g/mol. The van der Waals surface area contributed by atoms with Gasteiger partial charge in [-0.15, -0.1) is 0 Å². The van der Waals surface area contributed by atoms with Gasteiger partial charge < -0.3 is 0 Å². The largest absolute Gasteiger partial charge is 0.192 e. The number of hydrogen-bond donors (Lipinski definition) is 0. The minimum atomic E-state index is 0.162. The number of hydrogen-bond acceptors (Lipinski definition) is 2. The Morgan fingerprint density at radius 1 is 0.636 bits per heavy atom. The van der Waals surface area contributed by atoms with E-state index in [0.717, 1.165) is 37.5 Å². The van der Waals surface area contributed by atoms with Crippen molar-refractivity contribution in [3.8, 4) is 12.1 Å². The summed E-state index contributed by atoms with van der Waals surface area (Å²) in [5.41, 5.74) is 0.162. The molecular weight excluding hydrogens is 268 g/mol. The van der Waals surface area contributed by atoms with E-state index >= 15 is 0 Å². The first kappa shape index (κ1) is 12.4. The zero-order valence-electron chi connectivity index (χ0n) is 11.7. The molecule has 4 rings (SSSR count). The van der Waals surface area contributed by atoms with Crippen LogP contribution in [0.2, 0.25) is 0 Å². The molecule has 0 fully saturated rings. The highest BCUT2D eigenvalue weighted by molar-refractivity contribution is 6.22. The molecule has 0 N–H and O–H groups in total. The van der Waals surface area contributed by atoms with Crippen molar-refractivity contribution in [3.63, 3.8) is 0 Å². The zero-order chi connectivity index (χ0) is 15.1. The van der Waals surface area contributed by atoms with Gasteiger partial charge in [0, 0.05) is 5.22 Å². The van der Waals surface area contributed by atoms with Crippen molar-refractivity contribution < 1.29 is 0 Å². The van der Waals surface area contributed by atoms with Crippen molar-refractivity contribution >= 4 is 37.9 Å². The van der Waals surface area contributed by atoms with E-state index in [1.54, 1.807) is 0 Å². The Kier molecular flexibility index (Phi) is 2.58. The lowest BCUT2D eigenvalue weighted by Crippen LogP contribution is -2.09. The molecule has 0 aromatic heterocycles. The fourth-order valence-corrected chi connectivity index (χ4v) is 3.26. The Morgan fingerprint density at radius 3 is 1.91 bits per heavy atom. The summed E-state index contributed by atoms with van der Waals surface area (Å²) in [6.45, 7) is 0. The van der Waals surface area contributed by atoms with Crippen molar-refractivity contribution in [2.24, 2.45) is 0 Å². The maximum absolute atomic E-state index is 9.38. The van der Waals surface area contributed by atoms with Gasteiger partial charge in [-0.1, -0.05) is 60.7 Å². The SMILES string of the molecule is N#CC(C#N)=c1c2ccccc2c2cccc3cccc1c32. The molecule has 0 heterocycles. The van der Waals surface area contributed by atoms with Crippen LogP contribution in [0.4, 0.5) is 0 Å². The monoisotopic (exact) mass is 278 g/mol. The molecule has 100 valence electrons. The normalized spacial score (nSPS) is 10.6. The molecule has 4 aromatic carbocycles. The highest BCUT2D eigenvalue weighted by Crippen LogP contribution is 2.30. The average Bonchev–Trinajstić information content (AvgIpc) is 2.58. The van der Waals surface area contributed by atoms with Crippen LogP contribution in [0.1, 0.15) is 0 Å². The van der Waals surface area contributed by atoms with Gasteiger partial charge in [0.1, 0.15) is 17.7 Å². The molecule has 0 aliphatic heterocycles. The van der Waals surface area contributed by atoms with Crippen molar-refractivity contribution in [2.75, 3.05) is 0 Å². The summed E-state index contributed by atoms with van der Waals surface area (Å²) >= 11 is 0. The molecule has 0 atom stereocenters. The van der Waals surface area contributed by atoms with E-state index in [9.17, 15) is 10.5 Å².